The molecule has 3 rings (SSSR count). The normalized spacial score (nSPS) is 20.5. The summed E-state index contributed by atoms with van der Waals surface area (Å²) >= 11 is 1.43. The van der Waals surface area contributed by atoms with Gasteiger partial charge in [-0.25, -0.2) is 18.2 Å². The average molecular weight is 384 g/mol. The molecular formula is C15H16N2O6S2. The van der Waals surface area contributed by atoms with Gasteiger partial charge in [-0.2, -0.15) is 0 Å². The largest absolute Gasteiger partial charge is 0.480 e. The van der Waals surface area contributed by atoms with Crippen LogP contribution in [0.15, 0.2) is 23.7 Å². The van der Waals surface area contributed by atoms with Crippen molar-refractivity contribution < 1.29 is 27.9 Å². The lowest BCUT2D eigenvalue weighted by Crippen LogP contribution is -2.46. The van der Waals surface area contributed by atoms with E-state index in [2.05, 4.69) is 4.98 Å². The van der Waals surface area contributed by atoms with Crippen LogP contribution in [0.3, 0.4) is 0 Å². The molecule has 1 N–H and O–H groups in total. The molecule has 25 heavy (non-hydrogen) atoms. The third-order valence-corrected chi connectivity index (χ3v) is 7.16. The molecule has 1 aliphatic heterocycles. The zero-order chi connectivity index (χ0) is 18.4. The van der Waals surface area contributed by atoms with Gasteiger partial charge in [0.15, 0.2) is 14.6 Å². The Morgan fingerprint density at radius 2 is 2.24 bits per heavy atom. The minimum absolute atomic E-state index is 0.0849. The number of thiazole rings is 1. The van der Waals surface area contributed by atoms with Crippen LogP contribution in [0.4, 0.5) is 10.5 Å². The van der Waals surface area contributed by atoms with E-state index >= 15 is 0 Å². The molecule has 1 saturated heterocycles. The van der Waals surface area contributed by atoms with Gasteiger partial charge in [0.1, 0.15) is 6.10 Å². The van der Waals surface area contributed by atoms with E-state index in [0.29, 0.717) is 5.69 Å². The Morgan fingerprint density at radius 1 is 1.52 bits per heavy atom. The lowest BCUT2D eigenvalue weighted by Gasteiger charge is -2.24. The third kappa shape index (κ3) is 3.07. The van der Waals surface area contributed by atoms with E-state index in [1.165, 1.54) is 16.2 Å². The predicted molar refractivity (Wildman–Crippen MR) is 92.7 cm³/mol. The van der Waals surface area contributed by atoms with Gasteiger partial charge in [0.25, 0.3) is 0 Å². The maximum Gasteiger partial charge on any atom is 0.414 e. The molecule has 8 nitrogen and oxygen atoms in total. The van der Waals surface area contributed by atoms with Gasteiger partial charge in [0, 0.05) is 18.4 Å². The Kier molecular flexibility index (Phi) is 4.20. The molecular weight excluding hydrogens is 368 g/mol. The second-order valence-corrected chi connectivity index (χ2v) is 9.46. The van der Waals surface area contributed by atoms with Crippen molar-refractivity contribution in [2.45, 2.75) is 24.2 Å². The van der Waals surface area contributed by atoms with Gasteiger partial charge < -0.3 is 9.84 Å². The summed E-state index contributed by atoms with van der Waals surface area (Å²) in [6.45, 7) is 1.21. The van der Waals surface area contributed by atoms with E-state index in [1.807, 2.05) is 0 Å². The number of carbonyl (C=O) groups excluding carboxylic acids is 1. The standard InChI is InChI=1S/C15H16N2O6S2/c1-15(13(18)19,25(2,21)22)6-10-7-17(14(20)23-10)9-3-4-11-12(5-9)24-8-16-11/h3-5,8,10H,6-7H2,1-2H3,(H,18,19). The predicted octanol–water partition coefficient (Wildman–Crippen LogP) is 1.90. The topological polar surface area (TPSA) is 114 Å². The van der Waals surface area contributed by atoms with Gasteiger partial charge in [0.2, 0.25) is 0 Å². The first-order chi connectivity index (χ1) is 11.6. The van der Waals surface area contributed by atoms with E-state index in [1.54, 1.807) is 23.7 Å². The molecule has 10 heteroatoms. The Balaban J connectivity index is 1.83. The van der Waals surface area contributed by atoms with Gasteiger partial charge in [-0.3, -0.25) is 9.69 Å². The molecule has 0 saturated carbocycles. The highest BCUT2D eigenvalue weighted by molar-refractivity contribution is 7.92. The van der Waals surface area contributed by atoms with Crippen LogP contribution in [0.25, 0.3) is 10.2 Å². The Hall–Kier alpha value is -2.20. The van der Waals surface area contributed by atoms with Gasteiger partial charge >= 0.3 is 12.1 Å². The molecule has 0 bridgehead atoms. The van der Waals surface area contributed by atoms with Crippen molar-refractivity contribution in [3.63, 3.8) is 0 Å². The van der Waals surface area contributed by atoms with Crippen LogP contribution in [0.1, 0.15) is 13.3 Å². The summed E-state index contributed by atoms with van der Waals surface area (Å²) in [6, 6.07) is 5.29. The third-order valence-electron chi connectivity index (χ3n) is 4.39. The van der Waals surface area contributed by atoms with Crippen LogP contribution in [0.2, 0.25) is 0 Å². The first-order valence-corrected chi connectivity index (χ1v) is 10.1. The molecule has 2 atom stereocenters. The molecule has 0 aliphatic carbocycles. The van der Waals surface area contributed by atoms with E-state index < -0.39 is 32.8 Å². The van der Waals surface area contributed by atoms with Crippen LogP contribution in [-0.2, 0) is 19.4 Å². The molecule has 1 aromatic carbocycles. The highest BCUT2D eigenvalue weighted by Gasteiger charge is 2.48. The number of sulfone groups is 1. The molecule has 1 fully saturated rings. The van der Waals surface area contributed by atoms with E-state index in [0.717, 1.165) is 23.4 Å². The van der Waals surface area contributed by atoms with Crippen molar-refractivity contribution in [2.24, 2.45) is 0 Å². The Morgan fingerprint density at radius 3 is 2.88 bits per heavy atom. The maximum atomic E-state index is 12.2. The fourth-order valence-corrected chi connectivity index (χ4v) is 4.20. The number of cyclic esters (lactones) is 1. The summed E-state index contributed by atoms with van der Waals surface area (Å²) < 4.78 is 27.9. The zero-order valence-electron chi connectivity index (χ0n) is 13.5. The van der Waals surface area contributed by atoms with Crippen molar-refractivity contribution in [1.29, 1.82) is 0 Å². The van der Waals surface area contributed by atoms with Gasteiger partial charge in [-0.15, -0.1) is 11.3 Å². The molecule has 1 aliphatic rings. The summed E-state index contributed by atoms with van der Waals surface area (Å²) in [5.74, 6) is -1.46. The van der Waals surface area contributed by atoms with E-state index in [-0.39, 0.29) is 13.0 Å². The van der Waals surface area contributed by atoms with Crippen LogP contribution < -0.4 is 4.90 Å². The molecule has 2 aromatic rings. The SMILES string of the molecule is CC(CC1CN(c2ccc3ncsc3c2)C(=O)O1)(C(=O)O)S(C)(=O)=O. The minimum Gasteiger partial charge on any atom is -0.480 e. The van der Waals surface area contributed by atoms with Crippen LogP contribution >= 0.6 is 11.3 Å². The van der Waals surface area contributed by atoms with E-state index in [9.17, 15) is 23.1 Å². The van der Waals surface area contributed by atoms with Crippen molar-refractivity contribution in [3.05, 3.63) is 23.7 Å². The second kappa shape index (κ2) is 5.95. The number of fused-ring (bicyclic) bond motifs is 1. The zero-order valence-corrected chi connectivity index (χ0v) is 15.1. The first kappa shape index (κ1) is 17.6. The Bertz CT molecular complexity index is 954. The molecule has 2 heterocycles. The van der Waals surface area contributed by atoms with Crippen molar-refractivity contribution >= 4 is 49.1 Å². The van der Waals surface area contributed by atoms with Crippen LogP contribution in [0, 0.1) is 0 Å². The van der Waals surface area contributed by atoms with Crippen molar-refractivity contribution in [2.75, 3.05) is 17.7 Å². The smallest absolute Gasteiger partial charge is 0.414 e. The minimum atomic E-state index is -3.89. The molecule has 1 amide bonds. The number of rotatable bonds is 5. The quantitative estimate of drug-likeness (QED) is 0.837. The van der Waals surface area contributed by atoms with Crippen molar-refractivity contribution in [3.8, 4) is 0 Å². The monoisotopic (exact) mass is 384 g/mol. The number of carboxylic acids is 1. The number of benzene rings is 1. The number of amides is 1. The number of hydrogen-bond donors (Lipinski definition) is 1. The number of nitrogens with zero attached hydrogens (tertiary/aromatic N) is 2. The number of carbonyl (C=O) groups is 2. The second-order valence-electron chi connectivity index (χ2n) is 6.13. The number of aromatic nitrogens is 1. The van der Waals surface area contributed by atoms with Gasteiger partial charge in [-0.05, 0) is 25.1 Å². The summed E-state index contributed by atoms with van der Waals surface area (Å²) in [7, 11) is -3.89. The average Bonchev–Trinajstić information content (AvgIpc) is 3.11. The number of carboxylic acid groups (broad SMARTS) is 1. The number of aliphatic carboxylic acids is 1. The van der Waals surface area contributed by atoms with Gasteiger partial charge in [-0.1, -0.05) is 0 Å². The number of anilines is 1. The van der Waals surface area contributed by atoms with Crippen LogP contribution in [0.5, 0.6) is 0 Å². The molecule has 134 valence electrons. The Labute approximate surface area is 148 Å². The van der Waals surface area contributed by atoms with Crippen molar-refractivity contribution in [1.82, 2.24) is 4.98 Å². The number of hydrogen-bond acceptors (Lipinski definition) is 7. The summed E-state index contributed by atoms with van der Waals surface area (Å²) in [6.07, 6.45) is -0.907. The molecule has 0 spiro atoms. The summed E-state index contributed by atoms with van der Waals surface area (Å²) in [5, 5.41) is 9.33. The maximum absolute atomic E-state index is 12.2. The number of ether oxygens (including phenoxy) is 1. The highest BCUT2D eigenvalue weighted by atomic mass is 32.2. The van der Waals surface area contributed by atoms with E-state index in [4.69, 9.17) is 4.74 Å². The molecule has 0 radical (unpaired) electrons. The molecule has 1 aromatic heterocycles. The summed E-state index contributed by atoms with van der Waals surface area (Å²) in [5.41, 5.74) is 3.11. The lowest BCUT2D eigenvalue weighted by molar-refractivity contribution is -0.140. The fourth-order valence-electron chi connectivity index (χ4n) is 2.68. The highest BCUT2D eigenvalue weighted by Crippen LogP contribution is 2.31. The lowest BCUT2D eigenvalue weighted by atomic mass is 10.0. The van der Waals surface area contributed by atoms with Crippen LogP contribution in [-0.4, -0.2) is 54.2 Å². The molecule has 2 unspecified atom stereocenters. The first-order valence-electron chi connectivity index (χ1n) is 7.36. The summed E-state index contributed by atoms with van der Waals surface area (Å²) in [4.78, 5) is 29.2. The fraction of sp³-hybridized carbons (Fsp3) is 0.400. The van der Waals surface area contributed by atoms with Gasteiger partial charge in [0.05, 0.1) is 22.3 Å².